The van der Waals surface area contributed by atoms with Crippen molar-refractivity contribution in [1.29, 1.82) is 0 Å². The summed E-state index contributed by atoms with van der Waals surface area (Å²) in [6.45, 7) is 0.370. The molecule has 6 heterocycles. The van der Waals surface area contributed by atoms with Crippen LogP contribution in [-0.2, 0) is 37.2 Å². The Labute approximate surface area is 333 Å². The van der Waals surface area contributed by atoms with Crippen molar-refractivity contribution >= 4 is 99.2 Å². The number of carbonyl (C=O) groups is 3. The average molecular weight is 969 g/mol. The molecule has 0 radical (unpaired) electrons. The molecule has 13 N–H and O–H groups in total. The maximum absolute atomic E-state index is 12.4. The van der Waals surface area contributed by atoms with E-state index in [1.807, 2.05) is 11.9 Å². The smallest absolute Gasteiger partial charge is 0.326 e. The fourth-order valence-corrected chi connectivity index (χ4v) is 5.12. The molecule has 22 nitrogen and oxygen atoms in total. The largest absolute Gasteiger partial charge is 0.481 e. The number of amides is 1. The van der Waals surface area contributed by atoms with Crippen LogP contribution in [0.1, 0.15) is 28.9 Å². The molecule has 25 heteroatoms. The summed E-state index contributed by atoms with van der Waals surface area (Å²) in [7, 11) is 1.82. The second-order valence-electron chi connectivity index (χ2n) is 11.1. The van der Waals surface area contributed by atoms with Crippen LogP contribution in [0.2, 0.25) is 0 Å². The number of hydrogen-bond donors (Lipinski definition) is 10. The summed E-state index contributed by atoms with van der Waals surface area (Å²) in [4.78, 5) is 79.6. The number of rotatable bonds is 9. The van der Waals surface area contributed by atoms with Crippen molar-refractivity contribution in [2.24, 2.45) is 0 Å². The number of anilines is 4. The third kappa shape index (κ3) is 10.8. The van der Waals surface area contributed by atoms with Crippen molar-refractivity contribution in [1.82, 2.24) is 65.1 Å². The molecule has 7 aromatic rings. The van der Waals surface area contributed by atoms with Crippen LogP contribution in [0.3, 0.4) is 0 Å². The number of carboxylic acids is 2. The van der Waals surface area contributed by atoms with E-state index < -0.39 is 23.9 Å². The zero-order valence-corrected chi connectivity index (χ0v) is 32.2. The van der Waals surface area contributed by atoms with E-state index in [0.717, 1.165) is 11.2 Å². The number of benzene rings is 1. The van der Waals surface area contributed by atoms with Gasteiger partial charge in [0.15, 0.2) is 28.3 Å². The van der Waals surface area contributed by atoms with Crippen molar-refractivity contribution in [3.63, 3.8) is 0 Å². The van der Waals surface area contributed by atoms with Gasteiger partial charge in [-0.15, -0.1) is 0 Å². The number of nitrogens with two attached hydrogens (primary N) is 3. The number of aromatic amines is 4. The molecule has 1 amide bonds. The Hall–Kier alpha value is -6.52. The molecular weight excluding hydrogens is 938 g/mol. The number of H-pyrrole nitrogens is 4. The van der Waals surface area contributed by atoms with Gasteiger partial charge in [0.25, 0.3) is 5.91 Å². The van der Waals surface area contributed by atoms with Crippen LogP contribution in [-0.4, -0.2) is 101 Å². The number of nitrogens with zero attached hydrogens (tertiary/aromatic N) is 9. The number of aromatic nitrogens is 12. The Bertz CT molecular complexity index is 2580. The first kappa shape index (κ1) is 41.2. The number of hydrogen-bond acceptors (Lipinski definition) is 17. The molecule has 288 valence electrons. The quantitative estimate of drug-likeness (QED) is 0.0923. The first-order valence-corrected chi connectivity index (χ1v) is 16.3. The van der Waals surface area contributed by atoms with E-state index in [9.17, 15) is 19.5 Å². The van der Waals surface area contributed by atoms with Gasteiger partial charge < -0.3 is 57.6 Å². The van der Waals surface area contributed by atoms with Gasteiger partial charge in [-0.2, -0.15) is 15.0 Å². The zero-order valence-electron chi connectivity index (χ0n) is 28.3. The number of fused-ring (bicyclic) bond motifs is 3. The van der Waals surface area contributed by atoms with Crippen LogP contribution >= 0.6 is 24.4 Å². The Morgan fingerprint density at radius 1 is 0.855 bits per heavy atom. The van der Waals surface area contributed by atoms with Crippen molar-refractivity contribution < 1.29 is 45.7 Å². The van der Waals surface area contributed by atoms with Crippen molar-refractivity contribution in [2.75, 3.05) is 29.1 Å². The Morgan fingerprint density at radius 3 is 2.22 bits per heavy atom. The van der Waals surface area contributed by atoms with Gasteiger partial charge in [-0.05, 0) is 30.7 Å². The molecule has 0 unspecified atom stereocenters. The summed E-state index contributed by atoms with van der Waals surface area (Å²) in [5.74, 6) is -2.61. The van der Waals surface area contributed by atoms with Gasteiger partial charge in [0.05, 0.1) is 37.4 Å². The fraction of sp³-hybridized carbons (Fsp3) is 0.167. The summed E-state index contributed by atoms with van der Waals surface area (Å²) < 4.78 is 1.15. The van der Waals surface area contributed by atoms with E-state index in [1.54, 1.807) is 24.7 Å². The van der Waals surface area contributed by atoms with Gasteiger partial charge in [0.1, 0.15) is 26.4 Å². The summed E-state index contributed by atoms with van der Waals surface area (Å²) in [5, 5.41) is 20.2. The molecule has 1 atom stereocenters. The number of carbonyl (C=O) groups excluding carboxylic acids is 1. The SMILES string of the molecule is CN(Cc1cnc2nc(N)nc(N)c2n1)c1ccc(C(=O)N[C@@H](CCC(=O)O)C(=O)O)cc1.Nc1nc2[nH]cnc2c(=S)[nH]1.S=c1[nH]cnc2nc[nH]c12.[Pt]. The van der Waals surface area contributed by atoms with Crippen LogP contribution in [0.15, 0.2) is 49.4 Å². The Balaban J connectivity index is 0.000000245. The van der Waals surface area contributed by atoms with Crippen molar-refractivity contribution in [3.8, 4) is 0 Å². The van der Waals surface area contributed by atoms with Gasteiger partial charge in [-0.25, -0.2) is 29.7 Å². The van der Waals surface area contributed by atoms with Crippen LogP contribution in [0, 0.1) is 9.28 Å². The first-order chi connectivity index (χ1) is 25.8. The molecular formula is C30H31N17O5PtS2. The minimum absolute atomic E-state index is 0. The molecule has 0 saturated heterocycles. The summed E-state index contributed by atoms with van der Waals surface area (Å²) in [6, 6.07) is 5.16. The monoisotopic (exact) mass is 968 g/mol. The van der Waals surface area contributed by atoms with Crippen LogP contribution in [0.5, 0.6) is 0 Å². The topological polar surface area (TPSA) is 351 Å². The van der Waals surface area contributed by atoms with E-state index in [4.69, 9.17) is 46.7 Å². The third-order valence-electron chi connectivity index (χ3n) is 7.26. The normalized spacial score (nSPS) is 11.0. The van der Waals surface area contributed by atoms with Crippen LogP contribution in [0.4, 0.5) is 23.4 Å². The third-order valence-corrected chi connectivity index (χ3v) is 7.88. The summed E-state index contributed by atoms with van der Waals surface area (Å²) in [5.41, 5.74) is 21.8. The van der Waals surface area contributed by atoms with E-state index in [-0.39, 0.29) is 51.2 Å². The van der Waals surface area contributed by atoms with Gasteiger partial charge in [-0.1, -0.05) is 24.4 Å². The molecule has 6 aromatic heterocycles. The zero-order chi connectivity index (χ0) is 38.9. The van der Waals surface area contributed by atoms with Gasteiger partial charge in [0.2, 0.25) is 11.9 Å². The second-order valence-corrected chi connectivity index (χ2v) is 11.9. The van der Waals surface area contributed by atoms with Gasteiger partial charge >= 0.3 is 11.9 Å². The molecule has 55 heavy (non-hydrogen) atoms. The predicted octanol–water partition coefficient (Wildman–Crippen LogP) is 1.88. The number of carboxylic acid groups (broad SMARTS) is 2. The molecule has 0 saturated carbocycles. The fourth-order valence-electron chi connectivity index (χ4n) is 4.67. The minimum Gasteiger partial charge on any atom is -0.481 e. The maximum Gasteiger partial charge on any atom is 0.326 e. The molecule has 0 aliphatic carbocycles. The maximum atomic E-state index is 12.4. The van der Waals surface area contributed by atoms with Crippen LogP contribution < -0.4 is 27.4 Å². The van der Waals surface area contributed by atoms with Gasteiger partial charge in [0, 0.05) is 45.8 Å². The first-order valence-electron chi connectivity index (χ1n) is 15.5. The predicted molar refractivity (Wildman–Crippen MR) is 201 cm³/mol. The standard InChI is InChI=1S/C20H22N8O5.C5H5N5S.C5H4N4S.Pt/c1-28(9-11-8-23-17-15(24-11)16(21)26-20(22)27-17)12-4-2-10(3-5-12)18(31)25-13(19(32)33)6-7-14(29)30;6-5-9-3-2(4(11)10-5)7-1-8-3;10-5-3-4(7-1-6-3)8-2-9-5;/h2-5,8,13H,6-7,9H2,1H3,(H,25,31)(H,29,30)(H,32,33)(H4,21,22,23,26,27);1H,(H4,6,7,8,9,10,11);1-2H,(H2,6,7,8,9,10);/t13-;;;/m0.../s1. The molecule has 7 rings (SSSR count). The number of aliphatic carboxylic acids is 2. The average Bonchev–Trinajstić information content (AvgIpc) is 3.82. The van der Waals surface area contributed by atoms with E-state index in [1.165, 1.54) is 24.8 Å². The Kier molecular flexibility index (Phi) is 13.9. The van der Waals surface area contributed by atoms with Crippen molar-refractivity contribution in [2.45, 2.75) is 25.4 Å². The number of imidazole rings is 2. The second kappa shape index (κ2) is 18.5. The molecule has 0 fully saturated rings. The number of nitrogen functional groups attached to an aromatic ring is 3. The molecule has 0 aliphatic rings. The summed E-state index contributed by atoms with van der Waals surface area (Å²) >= 11 is 9.88. The molecule has 0 bridgehead atoms. The minimum atomic E-state index is -1.30. The van der Waals surface area contributed by atoms with Crippen molar-refractivity contribution in [3.05, 3.63) is 70.0 Å². The Morgan fingerprint density at radius 2 is 1.55 bits per heavy atom. The molecule has 1 aromatic carbocycles. The van der Waals surface area contributed by atoms with E-state index in [2.05, 4.69) is 65.1 Å². The molecule has 0 aliphatic heterocycles. The van der Waals surface area contributed by atoms with E-state index >= 15 is 0 Å². The van der Waals surface area contributed by atoms with E-state index in [0.29, 0.717) is 55.4 Å². The number of nitrogens with one attached hydrogen (secondary N) is 5. The molecule has 0 spiro atoms. The van der Waals surface area contributed by atoms with Gasteiger partial charge in [-0.3, -0.25) is 9.59 Å². The summed E-state index contributed by atoms with van der Waals surface area (Å²) in [6.07, 6.45) is 5.60. The van der Waals surface area contributed by atoms with Crippen LogP contribution in [0.25, 0.3) is 33.5 Å².